The summed E-state index contributed by atoms with van der Waals surface area (Å²) in [4.78, 5) is 4.33. The van der Waals surface area contributed by atoms with Gasteiger partial charge >= 0.3 is 0 Å². The Hall–Kier alpha value is -1.43. The summed E-state index contributed by atoms with van der Waals surface area (Å²) in [5.74, 6) is 1.97. The summed E-state index contributed by atoms with van der Waals surface area (Å²) >= 11 is 5.64. The van der Waals surface area contributed by atoms with Crippen molar-refractivity contribution in [3.63, 3.8) is 0 Å². The first-order chi connectivity index (χ1) is 9.31. The Morgan fingerprint density at radius 1 is 1.32 bits per heavy atom. The van der Waals surface area contributed by atoms with Gasteiger partial charge in [-0.05, 0) is 19.3 Å². The van der Waals surface area contributed by atoms with Crippen LogP contribution >= 0.6 is 11.6 Å². The van der Waals surface area contributed by atoms with E-state index in [9.17, 15) is 0 Å². The molecule has 7 heteroatoms. The second-order valence-electron chi connectivity index (χ2n) is 4.41. The molecule has 0 N–H and O–H groups in total. The third-order valence-electron chi connectivity index (χ3n) is 2.71. The van der Waals surface area contributed by atoms with Crippen LogP contribution in [0.25, 0.3) is 0 Å². The molecule has 0 spiro atoms. The van der Waals surface area contributed by atoms with Crippen LogP contribution in [-0.4, -0.2) is 31.0 Å². The molecule has 0 aliphatic rings. The summed E-state index contributed by atoms with van der Waals surface area (Å²) in [6.45, 7) is 2.60. The first-order valence-electron chi connectivity index (χ1n) is 6.58. The van der Waals surface area contributed by atoms with Crippen molar-refractivity contribution in [1.82, 2.24) is 25.1 Å². The monoisotopic (exact) mass is 283 g/mol. The fourth-order valence-corrected chi connectivity index (χ4v) is 1.84. The van der Waals surface area contributed by atoms with Gasteiger partial charge in [0.15, 0.2) is 5.82 Å². The van der Waals surface area contributed by atoms with Gasteiger partial charge in [0.05, 0.1) is 5.69 Å². The van der Waals surface area contributed by atoms with Crippen LogP contribution in [0.4, 0.5) is 0 Å². The van der Waals surface area contributed by atoms with Crippen LogP contribution in [0.1, 0.15) is 43.6 Å². The van der Waals surface area contributed by atoms with E-state index in [0.29, 0.717) is 18.3 Å². The van der Waals surface area contributed by atoms with Crippen LogP contribution in [0, 0.1) is 0 Å². The minimum absolute atomic E-state index is 0.465. The summed E-state index contributed by atoms with van der Waals surface area (Å²) in [5, 5.41) is 12.0. The van der Waals surface area contributed by atoms with Crippen molar-refractivity contribution < 1.29 is 4.52 Å². The summed E-state index contributed by atoms with van der Waals surface area (Å²) < 4.78 is 6.89. The fraction of sp³-hybridized carbons (Fsp3) is 0.667. The first-order valence-corrected chi connectivity index (χ1v) is 7.11. The Morgan fingerprint density at radius 3 is 3.00 bits per heavy atom. The number of alkyl halides is 1. The van der Waals surface area contributed by atoms with Crippen molar-refractivity contribution >= 4 is 11.6 Å². The Kier molecular flexibility index (Phi) is 5.32. The number of nitrogens with zero attached hydrogens (tertiary/aromatic N) is 5. The van der Waals surface area contributed by atoms with Gasteiger partial charge in [0.1, 0.15) is 6.54 Å². The van der Waals surface area contributed by atoms with Crippen LogP contribution in [0.2, 0.25) is 0 Å². The zero-order valence-corrected chi connectivity index (χ0v) is 11.8. The van der Waals surface area contributed by atoms with E-state index in [1.807, 2.05) is 6.20 Å². The Bertz CT molecular complexity index is 452. The highest BCUT2D eigenvalue weighted by atomic mass is 35.5. The van der Waals surface area contributed by atoms with Crippen LogP contribution in [0.5, 0.6) is 0 Å². The van der Waals surface area contributed by atoms with Crippen LogP contribution < -0.4 is 0 Å². The van der Waals surface area contributed by atoms with Crippen LogP contribution in [-0.2, 0) is 19.4 Å². The molecule has 0 unspecified atom stereocenters. The maximum atomic E-state index is 5.64. The topological polar surface area (TPSA) is 69.6 Å². The quantitative estimate of drug-likeness (QED) is 0.695. The summed E-state index contributed by atoms with van der Waals surface area (Å²) in [5.41, 5.74) is 0.936. The summed E-state index contributed by atoms with van der Waals surface area (Å²) in [6.07, 6.45) is 6.69. The molecule has 19 heavy (non-hydrogen) atoms. The molecular formula is C12H18ClN5O. The Labute approximate surface area is 117 Å². The SMILES string of the molecule is CCCCc1noc(Cn2cc(CCCCl)nn2)n1. The molecule has 6 nitrogen and oxygen atoms in total. The lowest BCUT2D eigenvalue weighted by molar-refractivity contribution is 0.359. The highest BCUT2D eigenvalue weighted by Crippen LogP contribution is 2.05. The van der Waals surface area contributed by atoms with Gasteiger partial charge in [-0.15, -0.1) is 16.7 Å². The highest BCUT2D eigenvalue weighted by Gasteiger charge is 2.08. The lowest BCUT2D eigenvalue weighted by atomic mass is 10.2. The summed E-state index contributed by atoms with van der Waals surface area (Å²) in [6, 6.07) is 0. The van der Waals surface area contributed by atoms with Gasteiger partial charge in [-0.25, -0.2) is 4.68 Å². The smallest absolute Gasteiger partial charge is 0.248 e. The lowest BCUT2D eigenvalue weighted by Gasteiger charge is -1.93. The van der Waals surface area contributed by atoms with Gasteiger partial charge < -0.3 is 4.52 Å². The molecule has 2 aromatic heterocycles. The average Bonchev–Trinajstić information content (AvgIpc) is 3.04. The maximum Gasteiger partial charge on any atom is 0.248 e. The molecule has 0 amide bonds. The molecule has 2 heterocycles. The minimum Gasteiger partial charge on any atom is -0.337 e. The molecular weight excluding hydrogens is 266 g/mol. The number of unbranched alkanes of at least 4 members (excludes halogenated alkanes) is 1. The number of aromatic nitrogens is 5. The maximum absolute atomic E-state index is 5.64. The van der Waals surface area contributed by atoms with E-state index in [-0.39, 0.29) is 0 Å². The van der Waals surface area contributed by atoms with Gasteiger partial charge in [-0.3, -0.25) is 0 Å². The van der Waals surface area contributed by atoms with E-state index in [1.54, 1.807) is 4.68 Å². The van der Waals surface area contributed by atoms with Crippen molar-refractivity contribution in [2.24, 2.45) is 0 Å². The van der Waals surface area contributed by atoms with Crippen molar-refractivity contribution in [1.29, 1.82) is 0 Å². The number of hydrogen-bond donors (Lipinski definition) is 0. The normalized spacial score (nSPS) is 11.1. The fourth-order valence-electron chi connectivity index (χ4n) is 1.71. The van der Waals surface area contributed by atoms with Crippen molar-refractivity contribution in [3.8, 4) is 0 Å². The number of aryl methyl sites for hydroxylation is 2. The number of hydrogen-bond acceptors (Lipinski definition) is 5. The van der Waals surface area contributed by atoms with E-state index in [4.69, 9.17) is 16.1 Å². The highest BCUT2D eigenvalue weighted by molar-refractivity contribution is 6.17. The van der Waals surface area contributed by atoms with Gasteiger partial charge in [-0.1, -0.05) is 23.7 Å². The van der Waals surface area contributed by atoms with E-state index in [1.165, 1.54) is 0 Å². The number of halogens is 1. The molecule has 0 saturated carbocycles. The molecule has 0 radical (unpaired) electrons. The first kappa shape index (κ1) is 14.0. The molecule has 0 aliphatic heterocycles. The van der Waals surface area contributed by atoms with Gasteiger partial charge in [0.25, 0.3) is 0 Å². The summed E-state index contributed by atoms with van der Waals surface area (Å²) in [7, 11) is 0. The molecule has 104 valence electrons. The van der Waals surface area contributed by atoms with Crippen molar-refractivity contribution in [3.05, 3.63) is 23.6 Å². The predicted octanol–water partition coefficient (Wildman–Crippen LogP) is 2.22. The molecule has 0 bridgehead atoms. The minimum atomic E-state index is 0.465. The van der Waals surface area contributed by atoms with E-state index in [0.717, 1.165) is 43.6 Å². The standard InChI is InChI=1S/C12H18ClN5O/c1-2-3-6-11-14-12(19-16-11)9-18-8-10(15-17-18)5-4-7-13/h8H,2-7,9H2,1H3. The van der Waals surface area contributed by atoms with Crippen LogP contribution in [0.3, 0.4) is 0 Å². The molecule has 0 aromatic carbocycles. The predicted molar refractivity (Wildman–Crippen MR) is 71.1 cm³/mol. The molecule has 0 aliphatic carbocycles. The Morgan fingerprint density at radius 2 is 2.21 bits per heavy atom. The van der Waals surface area contributed by atoms with Gasteiger partial charge in [-0.2, -0.15) is 4.98 Å². The molecule has 0 fully saturated rings. The molecule has 2 aromatic rings. The Balaban J connectivity index is 1.89. The largest absolute Gasteiger partial charge is 0.337 e. The molecule has 0 saturated heterocycles. The zero-order chi connectivity index (χ0) is 13.5. The lowest BCUT2D eigenvalue weighted by Crippen LogP contribution is -2.01. The molecule has 0 atom stereocenters. The van der Waals surface area contributed by atoms with Gasteiger partial charge in [0, 0.05) is 18.5 Å². The van der Waals surface area contributed by atoms with Crippen molar-refractivity contribution in [2.75, 3.05) is 5.88 Å². The van der Waals surface area contributed by atoms with E-state index >= 15 is 0 Å². The van der Waals surface area contributed by atoms with Crippen LogP contribution in [0.15, 0.2) is 10.7 Å². The third kappa shape index (κ3) is 4.31. The number of rotatable bonds is 8. The zero-order valence-electron chi connectivity index (χ0n) is 11.0. The van der Waals surface area contributed by atoms with Gasteiger partial charge in [0.2, 0.25) is 5.89 Å². The third-order valence-corrected chi connectivity index (χ3v) is 2.98. The second kappa shape index (κ2) is 7.23. The van der Waals surface area contributed by atoms with E-state index in [2.05, 4.69) is 27.4 Å². The second-order valence-corrected chi connectivity index (χ2v) is 4.79. The van der Waals surface area contributed by atoms with Crippen molar-refractivity contribution in [2.45, 2.75) is 45.6 Å². The average molecular weight is 284 g/mol. The molecule has 2 rings (SSSR count). The van der Waals surface area contributed by atoms with E-state index < -0.39 is 0 Å².